The Morgan fingerprint density at radius 1 is 1.19 bits per heavy atom. The first-order valence-electron chi connectivity index (χ1n) is 11.9. The average molecular weight is 439 g/mol. The molecular weight excluding hydrogens is 400 g/mol. The summed E-state index contributed by atoms with van der Waals surface area (Å²) >= 11 is 0. The van der Waals surface area contributed by atoms with Gasteiger partial charge in [-0.15, -0.1) is 0 Å². The maximum absolute atomic E-state index is 12.9. The van der Waals surface area contributed by atoms with Crippen LogP contribution in [0.2, 0.25) is 0 Å². The van der Waals surface area contributed by atoms with E-state index in [-0.39, 0.29) is 23.8 Å². The molecular formula is C26H38N4O2. The number of likely N-dealkylation sites (N-methyl/N-ethyl adjacent to an activating group) is 1. The number of hydrogen-bond donors (Lipinski definition) is 1. The van der Waals surface area contributed by atoms with Crippen LogP contribution in [-0.4, -0.2) is 39.6 Å². The molecule has 0 saturated heterocycles. The number of anilines is 1. The van der Waals surface area contributed by atoms with E-state index in [1.165, 1.54) is 25.7 Å². The van der Waals surface area contributed by atoms with Gasteiger partial charge in [0, 0.05) is 24.4 Å². The smallest absolute Gasteiger partial charge is 0.245 e. The second-order valence-corrected chi connectivity index (χ2v) is 10.1. The summed E-state index contributed by atoms with van der Waals surface area (Å²) in [6, 6.07) is 9.97. The van der Waals surface area contributed by atoms with Gasteiger partial charge in [0.2, 0.25) is 11.8 Å². The third-order valence-corrected chi connectivity index (χ3v) is 6.30. The summed E-state index contributed by atoms with van der Waals surface area (Å²) in [5.41, 5.74) is 2.77. The first-order chi connectivity index (χ1) is 15.2. The molecule has 1 aliphatic rings. The lowest BCUT2D eigenvalue weighted by atomic mass is 9.92. The summed E-state index contributed by atoms with van der Waals surface area (Å²) in [5, 5.41) is 7.78. The van der Waals surface area contributed by atoms with Crippen molar-refractivity contribution in [1.29, 1.82) is 0 Å². The van der Waals surface area contributed by atoms with Crippen molar-refractivity contribution < 1.29 is 9.59 Å². The minimum Gasteiger partial charge on any atom is -0.334 e. The van der Waals surface area contributed by atoms with E-state index >= 15 is 0 Å². The fourth-order valence-electron chi connectivity index (χ4n) is 4.31. The maximum atomic E-state index is 12.9. The molecule has 1 N–H and O–H groups in total. The SMILES string of the molecule is CCN(CC(=O)Nc1cc(C(C)(C)C)nn1-c1cccc(C)c1)C(=O)CCC1CCCC1. The van der Waals surface area contributed by atoms with Crippen LogP contribution in [0.25, 0.3) is 5.69 Å². The molecule has 2 aromatic rings. The average Bonchev–Trinajstić information content (AvgIpc) is 3.40. The largest absolute Gasteiger partial charge is 0.334 e. The van der Waals surface area contributed by atoms with Crippen LogP contribution in [0.3, 0.4) is 0 Å². The summed E-state index contributed by atoms with van der Waals surface area (Å²) in [6.07, 6.45) is 6.50. The van der Waals surface area contributed by atoms with E-state index in [4.69, 9.17) is 5.10 Å². The number of nitrogens with zero attached hydrogens (tertiary/aromatic N) is 3. The second kappa shape index (κ2) is 10.3. The van der Waals surface area contributed by atoms with E-state index in [1.54, 1.807) is 9.58 Å². The fraction of sp³-hybridized carbons (Fsp3) is 0.577. The first kappa shape index (κ1) is 24.0. The van der Waals surface area contributed by atoms with Gasteiger partial charge >= 0.3 is 0 Å². The number of benzene rings is 1. The summed E-state index contributed by atoms with van der Waals surface area (Å²) in [4.78, 5) is 27.3. The van der Waals surface area contributed by atoms with Crippen molar-refractivity contribution in [2.45, 2.75) is 78.6 Å². The van der Waals surface area contributed by atoms with Gasteiger partial charge in [0.25, 0.3) is 0 Å². The minimum atomic E-state index is -0.199. The molecule has 1 heterocycles. The molecule has 6 nitrogen and oxygen atoms in total. The summed E-state index contributed by atoms with van der Waals surface area (Å²) in [6.45, 7) is 10.9. The zero-order chi connectivity index (χ0) is 23.3. The van der Waals surface area contributed by atoms with Gasteiger partial charge in [-0.3, -0.25) is 9.59 Å². The second-order valence-electron chi connectivity index (χ2n) is 10.1. The Bertz CT molecular complexity index is 936. The number of amides is 2. The van der Waals surface area contributed by atoms with E-state index in [9.17, 15) is 9.59 Å². The Labute approximate surface area is 192 Å². The Kier molecular flexibility index (Phi) is 7.75. The topological polar surface area (TPSA) is 67.2 Å². The van der Waals surface area contributed by atoms with E-state index in [0.717, 1.165) is 23.4 Å². The van der Waals surface area contributed by atoms with E-state index in [1.807, 2.05) is 44.2 Å². The third-order valence-electron chi connectivity index (χ3n) is 6.30. The highest BCUT2D eigenvalue weighted by molar-refractivity contribution is 5.94. The molecule has 0 radical (unpaired) electrons. The molecule has 0 aliphatic heterocycles. The highest BCUT2D eigenvalue weighted by atomic mass is 16.2. The molecule has 0 spiro atoms. The molecule has 1 fully saturated rings. The van der Waals surface area contributed by atoms with E-state index < -0.39 is 0 Å². The van der Waals surface area contributed by atoms with Crippen molar-refractivity contribution in [1.82, 2.24) is 14.7 Å². The zero-order valence-corrected chi connectivity index (χ0v) is 20.3. The molecule has 174 valence electrons. The van der Waals surface area contributed by atoms with Gasteiger partial charge in [-0.05, 0) is 43.9 Å². The standard InChI is InChI=1S/C26H38N4O2/c1-6-29(25(32)15-14-20-11-7-8-12-20)18-24(31)27-23-17-22(26(3,4)5)28-30(23)21-13-9-10-19(2)16-21/h9-10,13,16-17,20H,6-8,11-12,14-15,18H2,1-5H3,(H,27,31). The molecule has 0 unspecified atom stereocenters. The molecule has 0 bridgehead atoms. The predicted octanol–water partition coefficient (Wildman–Crippen LogP) is 5.24. The Morgan fingerprint density at radius 2 is 1.91 bits per heavy atom. The summed E-state index contributed by atoms with van der Waals surface area (Å²) < 4.78 is 1.78. The Morgan fingerprint density at radius 3 is 2.53 bits per heavy atom. The van der Waals surface area contributed by atoms with Gasteiger partial charge in [-0.2, -0.15) is 5.10 Å². The summed E-state index contributed by atoms with van der Waals surface area (Å²) in [5.74, 6) is 1.17. The quantitative estimate of drug-likeness (QED) is 0.613. The normalized spacial score (nSPS) is 14.5. The van der Waals surface area contributed by atoms with Crippen LogP contribution >= 0.6 is 0 Å². The predicted molar refractivity (Wildman–Crippen MR) is 129 cm³/mol. The van der Waals surface area contributed by atoms with Crippen molar-refractivity contribution in [3.63, 3.8) is 0 Å². The molecule has 3 rings (SSSR count). The van der Waals surface area contributed by atoms with Crippen LogP contribution in [0, 0.1) is 12.8 Å². The van der Waals surface area contributed by atoms with Gasteiger partial charge in [-0.25, -0.2) is 4.68 Å². The van der Waals surface area contributed by atoms with Crippen LogP contribution in [-0.2, 0) is 15.0 Å². The van der Waals surface area contributed by atoms with Gasteiger partial charge in [0.1, 0.15) is 5.82 Å². The van der Waals surface area contributed by atoms with E-state index in [0.29, 0.717) is 24.7 Å². The monoisotopic (exact) mass is 438 g/mol. The van der Waals surface area contributed by atoms with Crippen molar-refractivity contribution in [2.24, 2.45) is 5.92 Å². The van der Waals surface area contributed by atoms with Gasteiger partial charge in [0.15, 0.2) is 0 Å². The van der Waals surface area contributed by atoms with E-state index in [2.05, 4.69) is 26.1 Å². The highest BCUT2D eigenvalue weighted by Crippen LogP contribution is 2.29. The van der Waals surface area contributed by atoms with Crippen LogP contribution in [0.1, 0.15) is 77.5 Å². The third kappa shape index (κ3) is 6.21. The number of carbonyl (C=O) groups excluding carboxylic acids is 2. The van der Waals surface area contributed by atoms with Crippen molar-refractivity contribution in [2.75, 3.05) is 18.4 Å². The number of carbonyl (C=O) groups is 2. The van der Waals surface area contributed by atoms with Crippen molar-refractivity contribution >= 4 is 17.6 Å². The molecule has 1 aromatic carbocycles. The number of aryl methyl sites for hydroxylation is 1. The van der Waals surface area contributed by atoms with Crippen LogP contribution in [0.15, 0.2) is 30.3 Å². The molecule has 0 atom stereocenters. The van der Waals surface area contributed by atoms with Gasteiger partial charge in [-0.1, -0.05) is 58.6 Å². The molecule has 1 aliphatic carbocycles. The molecule has 2 amide bonds. The van der Waals surface area contributed by atoms with Gasteiger partial charge in [0.05, 0.1) is 17.9 Å². The number of rotatable bonds is 8. The lowest BCUT2D eigenvalue weighted by molar-refractivity contribution is -0.134. The van der Waals surface area contributed by atoms with Crippen LogP contribution < -0.4 is 5.32 Å². The van der Waals surface area contributed by atoms with Crippen LogP contribution in [0.5, 0.6) is 0 Å². The lowest BCUT2D eigenvalue weighted by Gasteiger charge is -2.21. The van der Waals surface area contributed by atoms with Crippen molar-refractivity contribution in [3.8, 4) is 5.69 Å². The minimum absolute atomic E-state index is 0.0594. The maximum Gasteiger partial charge on any atom is 0.245 e. The fourth-order valence-corrected chi connectivity index (χ4v) is 4.31. The summed E-state index contributed by atoms with van der Waals surface area (Å²) in [7, 11) is 0. The van der Waals surface area contributed by atoms with Crippen molar-refractivity contribution in [3.05, 3.63) is 41.6 Å². The molecule has 1 saturated carbocycles. The molecule has 6 heteroatoms. The number of hydrogen-bond acceptors (Lipinski definition) is 3. The highest BCUT2D eigenvalue weighted by Gasteiger charge is 2.23. The Hall–Kier alpha value is -2.63. The number of aromatic nitrogens is 2. The molecule has 1 aromatic heterocycles. The first-order valence-corrected chi connectivity index (χ1v) is 11.9. The van der Waals surface area contributed by atoms with Crippen LogP contribution in [0.4, 0.5) is 5.82 Å². The lowest BCUT2D eigenvalue weighted by Crippen LogP contribution is -2.38. The van der Waals surface area contributed by atoms with Gasteiger partial charge < -0.3 is 10.2 Å². The number of nitrogens with one attached hydrogen (secondary N) is 1. The zero-order valence-electron chi connectivity index (χ0n) is 20.3. The Balaban J connectivity index is 1.71. The molecule has 32 heavy (non-hydrogen) atoms.